The number of amides is 2. The number of hydrogen-bond acceptors (Lipinski definition) is 5. The zero-order chi connectivity index (χ0) is 25.8. The fourth-order valence-electron chi connectivity index (χ4n) is 4.20. The molecular weight excluding hydrogens is 534 g/mol. The lowest BCUT2D eigenvalue weighted by Gasteiger charge is -2.13. The van der Waals surface area contributed by atoms with Gasteiger partial charge in [-0.1, -0.05) is 34.1 Å². The second kappa shape index (κ2) is 10.8. The molecule has 1 aliphatic carbocycles. The van der Waals surface area contributed by atoms with E-state index in [0.717, 1.165) is 22.2 Å². The van der Waals surface area contributed by atoms with Crippen molar-refractivity contribution in [3.63, 3.8) is 0 Å². The molecule has 0 bridgehead atoms. The van der Waals surface area contributed by atoms with Crippen LogP contribution in [0.4, 0.5) is 5.69 Å². The SMILES string of the molecule is Cc1c(C(=O)Nc2ccc(Oc3ccccc3)cc2)oc2c1/C(=N/NC(=O)c1ccc(Br)cc1)CCC2. The van der Waals surface area contributed by atoms with Gasteiger partial charge in [0.1, 0.15) is 17.3 Å². The van der Waals surface area contributed by atoms with Gasteiger partial charge in [-0.15, -0.1) is 0 Å². The van der Waals surface area contributed by atoms with Crippen LogP contribution in [-0.4, -0.2) is 17.5 Å². The maximum Gasteiger partial charge on any atom is 0.291 e. The topological polar surface area (TPSA) is 92.9 Å². The number of halogens is 1. The fourth-order valence-corrected chi connectivity index (χ4v) is 4.46. The first-order valence-electron chi connectivity index (χ1n) is 11.9. The van der Waals surface area contributed by atoms with Crippen molar-refractivity contribution >= 4 is 39.1 Å². The summed E-state index contributed by atoms with van der Waals surface area (Å²) in [5.41, 5.74) is 5.96. The number of fused-ring (bicyclic) bond motifs is 1. The summed E-state index contributed by atoms with van der Waals surface area (Å²) in [4.78, 5) is 25.6. The second-order valence-electron chi connectivity index (χ2n) is 8.61. The molecule has 0 fully saturated rings. The molecule has 37 heavy (non-hydrogen) atoms. The van der Waals surface area contributed by atoms with Gasteiger partial charge in [0.15, 0.2) is 5.76 Å². The van der Waals surface area contributed by atoms with Gasteiger partial charge in [-0.05, 0) is 80.4 Å². The lowest BCUT2D eigenvalue weighted by atomic mass is 9.93. The van der Waals surface area contributed by atoms with Crippen molar-refractivity contribution in [3.05, 3.63) is 112 Å². The van der Waals surface area contributed by atoms with Crippen LogP contribution in [0, 0.1) is 6.92 Å². The van der Waals surface area contributed by atoms with Gasteiger partial charge in [0.25, 0.3) is 11.8 Å². The molecule has 1 aromatic heterocycles. The second-order valence-corrected chi connectivity index (χ2v) is 9.52. The molecule has 2 N–H and O–H groups in total. The van der Waals surface area contributed by atoms with E-state index < -0.39 is 0 Å². The zero-order valence-electron chi connectivity index (χ0n) is 20.1. The summed E-state index contributed by atoms with van der Waals surface area (Å²) in [6, 6.07) is 23.7. The molecule has 3 aromatic carbocycles. The van der Waals surface area contributed by atoms with Crippen molar-refractivity contribution in [1.29, 1.82) is 0 Å². The van der Waals surface area contributed by atoms with Crippen molar-refractivity contribution in [2.45, 2.75) is 26.2 Å². The minimum absolute atomic E-state index is 0.239. The maximum atomic E-state index is 13.1. The average Bonchev–Trinajstić information content (AvgIpc) is 3.26. The molecule has 8 heteroatoms. The number of aryl methyl sites for hydroxylation is 1. The summed E-state index contributed by atoms with van der Waals surface area (Å²) in [5, 5.41) is 7.27. The minimum Gasteiger partial charge on any atom is -0.457 e. The number of hydrogen-bond donors (Lipinski definition) is 2. The van der Waals surface area contributed by atoms with Crippen LogP contribution in [0.25, 0.3) is 0 Å². The molecule has 0 saturated carbocycles. The lowest BCUT2D eigenvalue weighted by Crippen LogP contribution is -2.22. The highest BCUT2D eigenvalue weighted by Crippen LogP contribution is 2.31. The summed E-state index contributed by atoms with van der Waals surface area (Å²) < 4.78 is 12.7. The number of nitrogens with zero attached hydrogens (tertiary/aromatic N) is 1. The first-order chi connectivity index (χ1) is 18.0. The first kappa shape index (κ1) is 24.5. The van der Waals surface area contributed by atoms with Crippen LogP contribution in [0.3, 0.4) is 0 Å². The highest BCUT2D eigenvalue weighted by molar-refractivity contribution is 9.10. The van der Waals surface area contributed by atoms with Crippen LogP contribution in [0.5, 0.6) is 11.5 Å². The number of carbonyl (C=O) groups excluding carboxylic acids is 2. The smallest absolute Gasteiger partial charge is 0.291 e. The highest BCUT2D eigenvalue weighted by atomic mass is 79.9. The van der Waals surface area contributed by atoms with Crippen molar-refractivity contribution in [2.24, 2.45) is 5.10 Å². The quantitative estimate of drug-likeness (QED) is 0.253. The third-order valence-electron chi connectivity index (χ3n) is 6.02. The van der Waals surface area contributed by atoms with Crippen LogP contribution in [0.2, 0.25) is 0 Å². The molecule has 2 amide bonds. The van der Waals surface area contributed by atoms with E-state index in [9.17, 15) is 9.59 Å². The van der Waals surface area contributed by atoms with Crippen molar-refractivity contribution in [3.8, 4) is 11.5 Å². The van der Waals surface area contributed by atoms with Gasteiger partial charge in [-0.2, -0.15) is 5.10 Å². The molecular formula is C29H24BrN3O4. The van der Waals surface area contributed by atoms with Crippen LogP contribution in [0.15, 0.2) is 92.9 Å². The van der Waals surface area contributed by atoms with E-state index in [-0.39, 0.29) is 17.6 Å². The monoisotopic (exact) mass is 557 g/mol. The number of rotatable bonds is 6. The van der Waals surface area contributed by atoms with E-state index in [1.165, 1.54) is 0 Å². The molecule has 5 rings (SSSR count). The molecule has 1 heterocycles. The van der Waals surface area contributed by atoms with Gasteiger partial charge < -0.3 is 14.5 Å². The molecule has 0 spiro atoms. The number of para-hydroxylation sites is 1. The van der Waals surface area contributed by atoms with E-state index >= 15 is 0 Å². The molecule has 0 atom stereocenters. The predicted molar refractivity (Wildman–Crippen MR) is 145 cm³/mol. The molecule has 1 aliphatic rings. The van der Waals surface area contributed by atoms with Crippen LogP contribution >= 0.6 is 15.9 Å². The van der Waals surface area contributed by atoms with Gasteiger partial charge in [0.2, 0.25) is 0 Å². The van der Waals surface area contributed by atoms with Gasteiger partial charge in [-0.3, -0.25) is 9.59 Å². The van der Waals surface area contributed by atoms with E-state index in [1.54, 1.807) is 48.5 Å². The Morgan fingerprint density at radius 1 is 0.892 bits per heavy atom. The van der Waals surface area contributed by atoms with Gasteiger partial charge >= 0.3 is 0 Å². The third kappa shape index (κ3) is 5.65. The van der Waals surface area contributed by atoms with Crippen molar-refractivity contribution in [2.75, 3.05) is 5.32 Å². The standard InChI is InChI=1S/C29H24BrN3O4/c1-18-26-24(32-33-28(34)19-10-12-20(30)13-11-19)8-5-9-25(26)37-27(18)29(35)31-21-14-16-23(17-15-21)36-22-6-3-2-4-7-22/h2-4,6-7,10-17H,5,8-9H2,1H3,(H,31,35)(H,33,34)/b32-24+. The third-order valence-corrected chi connectivity index (χ3v) is 6.55. The van der Waals surface area contributed by atoms with E-state index in [2.05, 4.69) is 31.8 Å². The Hall–Kier alpha value is -4.17. The molecule has 0 aliphatic heterocycles. The number of ether oxygens (including phenoxy) is 1. The molecule has 0 unspecified atom stereocenters. The average molecular weight is 558 g/mol. The Morgan fingerprint density at radius 3 is 2.32 bits per heavy atom. The van der Waals surface area contributed by atoms with Gasteiger partial charge in [0, 0.05) is 33.3 Å². The normalized spacial score (nSPS) is 13.6. The molecule has 0 radical (unpaired) electrons. The van der Waals surface area contributed by atoms with E-state index in [0.29, 0.717) is 46.9 Å². The Bertz CT molecular complexity index is 1460. The summed E-state index contributed by atoms with van der Waals surface area (Å²) in [6.07, 6.45) is 2.20. The fraction of sp³-hybridized carbons (Fsp3) is 0.138. The first-order valence-corrected chi connectivity index (χ1v) is 12.7. The molecule has 4 aromatic rings. The van der Waals surface area contributed by atoms with Crippen LogP contribution in [-0.2, 0) is 6.42 Å². The number of anilines is 1. The van der Waals surface area contributed by atoms with Crippen LogP contribution in [0.1, 0.15) is 50.6 Å². The lowest BCUT2D eigenvalue weighted by molar-refractivity contribution is 0.0953. The molecule has 7 nitrogen and oxygen atoms in total. The van der Waals surface area contributed by atoms with Crippen LogP contribution < -0.4 is 15.5 Å². The van der Waals surface area contributed by atoms with Gasteiger partial charge in [-0.25, -0.2) is 5.43 Å². The summed E-state index contributed by atoms with van der Waals surface area (Å²) in [6.45, 7) is 1.84. The Balaban J connectivity index is 1.29. The minimum atomic E-state index is -0.345. The molecule has 186 valence electrons. The molecule has 0 saturated heterocycles. The van der Waals surface area contributed by atoms with Crippen molar-refractivity contribution in [1.82, 2.24) is 5.43 Å². The number of hydrazone groups is 1. The summed E-state index contributed by atoms with van der Waals surface area (Å²) in [5.74, 6) is 1.70. The Kier molecular flexibility index (Phi) is 7.18. The zero-order valence-corrected chi connectivity index (χ0v) is 21.7. The largest absolute Gasteiger partial charge is 0.457 e. The van der Waals surface area contributed by atoms with E-state index in [4.69, 9.17) is 9.15 Å². The Morgan fingerprint density at radius 2 is 1.59 bits per heavy atom. The number of benzene rings is 3. The highest BCUT2D eigenvalue weighted by Gasteiger charge is 2.28. The van der Waals surface area contributed by atoms with Gasteiger partial charge in [0.05, 0.1) is 5.71 Å². The summed E-state index contributed by atoms with van der Waals surface area (Å²) in [7, 11) is 0. The van der Waals surface area contributed by atoms with E-state index in [1.807, 2.05) is 37.3 Å². The number of carbonyl (C=O) groups is 2. The number of furan rings is 1. The Labute approximate surface area is 222 Å². The van der Waals surface area contributed by atoms with Crippen molar-refractivity contribution < 1.29 is 18.7 Å². The predicted octanol–water partition coefficient (Wildman–Crippen LogP) is 6.87. The number of nitrogens with one attached hydrogen (secondary N) is 2. The maximum absolute atomic E-state index is 13.1. The summed E-state index contributed by atoms with van der Waals surface area (Å²) >= 11 is 3.36.